The van der Waals surface area contributed by atoms with Gasteiger partial charge in [-0.2, -0.15) is 26.3 Å². The molecule has 4 aliphatic heterocycles. The Morgan fingerprint density at radius 1 is 0.610 bits per heavy atom. The number of piperazine rings is 2. The third-order valence-corrected chi connectivity index (χ3v) is 10.0. The van der Waals surface area contributed by atoms with Crippen molar-refractivity contribution in [2.24, 2.45) is 0 Å². The van der Waals surface area contributed by atoms with E-state index in [0.717, 1.165) is 71.0 Å². The molecule has 330 valence electrons. The highest BCUT2D eigenvalue weighted by Crippen LogP contribution is 2.39. The number of anilines is 2. The van der Waals surface area contributed by atoms with Crippen molar-refractivity contribution in [1.82, 2.24) is 20.0 Å². The van der Waals surface area contributed by atoms with Gasteiger partial charge in [0.2, 0.25) is 0 Å². The Bertz CT molecular complexity index is 1680. The number of nitrogens with zero attached hydrogens (tertiary/aromatic N) is 5. The Labute approximate surface area is 343 Å². The van der Waals surface area contributed by atoms with E-state index in [-0.39, 0.29) is 29.9 Å². The van der Waals surface area contributed by atoms with Gasteiger partial charge >= 0.3 is 24.5 Å². The number of alkyl halides is 6. The summed E-state index contributed by atoms with van der Waals surface area (Å²) in [5.41, 5.74) is -1.19. The normalized spacial score (nSPS) is 18.1. The van der Waals surface area contributed by atoms with Crippen LogP contribution in [-0.4, -0.2) is 123 Å². The van der Waals surface area contributed by atoms with Crippen LogP contribution in [0.1, 0.15) is 94.3 Å². The van der Waals surface area contributed by atoms with Crippen molar-refractivity contribution in [3.63, 3.8) is 0 Å². The highest BCUT2D eigenvalue weighted by Gasteiger charge is 2.37. The standard InChI is InChI=1S/C21H30F3N3O2.C12H12F3NO.C9H18N2O2/c1-20(2,3)29-19(28)27-13-11-25(12-14-27)15-16-17(21(22,23)24)7-6-8-18(16)26-9-4-5-10-26;13-12(14,15)10-4-3-5-11(9(10)8-17)16-6-1-2-7-16;1-9(2,3)13-8(12)11-6-4-10-5-7-11/h6-8H,4-5,9-15H2,1-3H3;3-5,8H,1-2,6-7H2;10H,4-7H2,1-3H3. The second-order valence-electron chi connectivity index (χ2n) is 17.0. The molecule has 0 bridgehead atoms. The Hall–Kier alpha value is -4.25. The topological polar surface area (TPSA) is 97.9 Å². The number of benzene rings is 2. The van der Waals surface area contributed by atoms with Gasteiger partial charge in [-0.25, -0.2) is 9.59 Å². The quantitative estimate of drug-likeness (QED) is 0.236. The third-order valence-electron chi connectivity index (χ3n) is 10.0. The van der Waals surface area contributed by atoms with Gasteiger partial charge in [-0.05, 0) is 91.5 Å². The molecule has 0 unspecified atom stereocenters. The first-order valence-electron chi connectivity index (χ1n) is 20.3. The van der Waals surface area contributed by atoms with E-state index in [2.05, 4.69) is 10.2 Å². The molecule has 0 aromatic heterocycles. The van der Waals surface area contributed by atoms with Gasteiger partial charge in [0.15, 0.2) is 6.29 Å². The molecule has 4 saturated heterocycles. The summed E-state index contributed by atoms with van der Waals surface area (Å²) in [6.45, 7) is 19.5. The molecular formula is C42H60F6N6O5. The van der Waals surface area contributed by atoms with E-state index in [4.69, 9.17) is 9.47 Å². The molecule has 0 radical (unpaired) electrons. The summed E-state index contributed by atoms with van der Waals surface area (Å²) in [5.74, 6) is 0. The summed E-state index contributed by atoms with van der Waals surface area (Å²) < 4.78 is 89.9. The maximum Gasteiger partial charge on any atom is 0.417 e. The van der Waals surface area contributed by atoms with Crippen LogP contribution in [0, 0.1) is 0 Å². The van der Waals surface area contributed by atoms with Crippen molar-refractivity contribution < 1.29 is 50.2 Å². The van der Waals surface area contributed by atoms with Crippen molar-refractivity contribution in [3.8, 4) is 0 Å². The van der Waals surface area contributed by atoms with Crippen LogP contribution in [0.2, 0.25) is 0 Å². The minimum Gasteiger partial charge on any atom is -0.444 e. The number of carbonyl (C=O) groups is 3. The number of carbonyl (C=O) groups excluding carboxylic acids is 3. The molecule has 4 fully saturated rings. The maximum atomic E-state index is 13.7. The lowest BCUT2D eigenvalue weighted by Crippen LogP contribution is -2.49. The molecule has 17 heteroatoms. The summed E-state index contributed by atoms with van der Waals surface area (Å²) in [6.07, 6.45) is -5.22. The average Bonchev–Trinajstić information content (AvgIpc) is 3.90. The first-order chi connectivity index (χ1) is 27.6. The molecule has 0 saturated carbocycles. The highest BCUT2D eigenvalue weighted by molar-refractivity contribution is 5.87. The van der Waals surface area contributed by atoms with E-state index in [9.17, 15) is 40.7 Å². The fraction of sp³-hybridized carbons (Fsp3) is 0.643. The Kier molecular flexibility index (Phi) is 16.4. The van der Waals surface area contributed by atoms with Gasteiger partial charge in [-0.1, -0.05) is 12.1 Å². The fourth-order valence-corrected chi connectivity index (χ4v) is 7.23. The van der Waals surface area contributed by atoms with Crippen LogP contribution >= 0.6 is 0 Å². The SMILES string of the molecule is CC(C)(C)OC(=O)N1CCN(Cc2c(N3CCCC3)cccc2C(F)(F)F)CC1.CC(C)(C)OC(=O)N1CCNCC1.O=Cc1c(N2CCCC2)cccc1C(F)(F)F. The molecule has 6 rings (SSSR count). The molecule has 0 spiro atoms. The van der Waals surface area contributed by atoms with E-state index in [1.807, 2.05) is 51.3 Å². The predicted molar refractivity (Wildman–Crippen MR) is 215 cm³/mol. The Morgan fingerprint density at radius 2 is 1.03 bits per heavy atom. The second-order valence-corrected chi connectivity index (χ2v) is 17.0. The molecule has 4 heterocycles. The lowest BCUT2D eigenvalue weighted by molar-refractivity contribution is -0.139. The summed E-state index contributed by atoms with van der Waals surface area (Å²) >= 11 is 0. The number of halogens is 6. The van der Waals surface area contributed by atoms with E-state index in [1.165, 1.54) is 18.2 Å². The first kappa shape index (κ1) is 47.4. The second kappa shape index (κ2) is 20.3. The van der Waals surface area contributed by atoms with E-state index < -0.39 is 29.1 Å². The zero-order valence-electron chi connectivity index (χ0n) is 35.1. The molecule has 4 aliphatic rings. The maximum absolute atomic E-state index is 13.7. The van der Waals surface area contributed by atoms with Crippen LogP contribution in [0.15, 0.2) is 36.4 Å². The van der Waals surface area contributed by atoms with Gasteiger partial charge in [-0.15, -0.1) is 0 Å². The number of aldehydes is 1. The van der Waals surface area contributed by atoms with Gasteiger partial charge < -0.3 is 34.4 Å². The average molecular weight is 843 g/mol. The summed E-state index contributed by atoms with van der Waals surface area (Å²) in [5, 5.41) is 3.18. The zero-order valence-corrected chi connectivity index (χ0v) is 35.1. The molecule has 0 atom stereocenters. The molecule has 1 N–H and O–H groups in total. The van der Waals surface area contributed by atoms with Crippen molar-refractivity contribution in [2.75, 3.05) is 88.3 Å². The fourth-order valence-electron chi connectivity index (χ4n) is 7.23. The monoisotopic (exact) mass is 842 g/mol. The van der Waals surface area contributed by atoms with Crippen molar-refractivity contribution >= 4 is 29.8 Å². The highest BCUT2D eigenvalue weighted by atomic mass is 19.4. The van der Waals surface area contributed by atoms with Crippen LogP contribution in [0.3, 0.4) is 0 Å². The third kappa shape index (κ3) is 14.5. The molecule has 2 aromatic carbocycles. The number of amides is 2. The summed E-state index contributed by atoms with van der Waals surface area (Å²) in [4.78, 5) is 43.9. The molecule has 2 aromatic rings. The van der Waals surface area contributed by atoms with Crippen LogP contribution < -0.4 is 15.1 Å². The molecule has 59 heavy (non-hydrogen) atoms. The van der Waals surface area contributed by atoms with E-state index in [0.29, 0.717) is 62.5 Å². The molecular weight excluding hydrogens is 782 g/mol. The lowest BCUT2D eigenvalue weighted by Gasteiger charge is -2.36. The predicted octanol–water partition coefficient (Wildman–Crippen LogP) is 8.30. The van der Waals surface area contributed by atoms with Crippen LogP contribution in [0.4, 0.5) is 47.3 Å². The lowest BCUT2D eigenvalue weighted by atomic mass is 10.0. The Morgan fingerprint density at radius 3 is 1.47 bits per heavy atom. The minimum absolute atomic E-state index is 0.200. The van der Waals surface area contributed by atoms with Gasteiger partial charge in [0, 0.05) is 108 Å². The largest absolute Gasteiger partial charge is 0.444 e. The van der Waals surface area contributed by atoms with Gasteiger partial charge in [0.05, 0.1) is 11.1 Å². The minimum atomic E-state index is -4.48. The first-order valence-corrected chi connectivity index (χ1v) is 20.3. The number of nitrogens with one attached hydrogen (secondary N) is 1. The molecule has 11 nitrogen and oxygen atoms in total. The summed E-state index contributed by atoms with van der Waals surface area (Å²) in [7, 11) is 0. The van der Waals surface area contributed by atoms with Crippen molar-refractivity contribution in [3.05, 3.63) is 58.7 Å². The van der Waals surface area contributed by atoms with Crippen molar-refractivity contribution in [2.45, 2.75) is 97.3 Å². The van der Waals surface area contributed by atoms with Gasteiger partial charge in [0.1, 0.15) is 11.2 Å². The number of ether oxygens (including phenoxy) is 2. The van der Waals surface area contributed by atoms with E-state index in [1.54, 1.807) is 21.9 Å². The smallest absolute Gasteiger partial charge is 0.417 e. The number of hydrogen-bond donors (Lipinski definition) is 1. The van der Waals surface area contributed by atoms with Crippen LogP contribution in [-0.2, 0) is 28.4 Å². The number of rotatable bonds is 5. The summed E-state index contributed by atoms with van der Waals surface area (Å²) in [6, 6.07) is 8.34. The molecule has 2 amide bonds. The van der Waals surface area contributed by atoms with Crippen molar-refractivity contribution in [1.29, 1.82) is 0 Å². The van der Waals surface area contributed by atoms with Crippen LogP contribution in [0.25, 0.3) is 0 Å². The van der Waals surface area contributed by atoms with Gasteiger partial charge in [-0.3, -0.25) is 9.69 Å². The van der Waals surface area contributed by atoms with Gasteiger partial charge in [0.25, 0.3) is 0 Å². The Balaban J connectivity index is 0.000000216. The van der Waals surface area contributed by atoms with E-state index >= 15 is 0 Å². The molecule has 0 aliphatic carbocycles. The van der Waals surface area contributed by atoms with Crippen LogP contribution in [0.5, 0.6) is 0 Å². The zero-order chi connectivity index (χ0) is 43.6. The number of hydrogen-bond acceptors (Lipinski definition) is 9.